The van der Waals surface area contributed by atoms with Crippen molar-refractivity contribution in [3.05, 3.63) is 34.4 Å². The predicted molar refractivity (Wildman–Crippen MR) is 44.0 cm³/mol. The van der Waals surface area contributed by atoms with E-state index in [1.807, 2.05) is 0 Å². The molecule has 0 heterocycles. The van der Waals surface area contributed by atoms with Crippen molar-refractivity contribution in [3.8, 4) is 0 Å². The third-order valence-electron chi connectivity index (χ3n) is 1.59. The van der Waals surface area contributed by atoms with E-state index in [1.54, 1.807) is 0 Å². The van der Waals surface area contributed by atoms with Gasteiger partial charge in [0.2, 0.25) is 0 Å². The third-order valence-corrected chi connectivity index (χ3v) is 1.94. The SMILES string of the molecule is O=C(O)C(O)c1ccc(F)c(Cl)c1F. The summed E-state index contributed by atoms with van der Waals surface area (Å²) < 4.78 is 25.7. The largest absolute Gasteiger partial charge is 0.479 e. The molecule has 0 aliphatic carbocycles. The number of halogens is 3. The Labute approximate surface area is 82.5 Å². The van der Waals surface area contributed by atoms with Gasteiger partial charge >= 0.3 is 5.97 Å². The number of hydrogen-bond acceptors (Lipinski definition) is 2. The molecule has 0 aliphatic rings. The van der Waals surface area contributed by atoms with Gasteiger partial charge in [0.05, 0.1) is 0 Å². The number of aliphatic hydroxyl groups is 1. The molecule has 2 N–H and O–H groups in total. The summed E-state index contributed by atoms with van der Waals surface area (Å²) in [7, 11) is 0. The smallest absolute Gasteiger partial charge is 0.337 e. The van der Waals surface area contributed by atoms with Crippen molar-refractivity contribution in [2.24, 2.45) is 0 Å². The number of rotatable bonds is 2. The average Bonchev–Trinajstić information content (AvgIpc) is 2.13. The molecule has 1 rings (SSSR count). The van der Waals surface area contributed by atoms with Crippen LogP contribution < -0.4 is 0 Å². The van der Waals surface area contributed by atoms with E-state index < -0.39 is 34.3 Å². The summed E-state index contributed by atoms with van der Waals surface area (Å²) in [5, 5.41) is 16.5. The van der Waals surface area contributed by atoms with Gasteiger partial charge in [-0.1, -0.05) is 11.6 Å². The lowest BCUT2D eigenvalue weighted by Gasteiger charge is -2.08. The van der Waals surface area contributed by atoms with Crippen LogP contribution in [-0.4, -0.2) is 16.2 Å². The third kappa shape index (κ3) is 1.83. The highest BCUT2D eigenvalue weighted by Crippen LogP contribution is 2.26. The van der Waals surface area contributed by atoms with Crippen LogP contribution in [0.5, 0.6) is 0 Å². The van der Waals surface area contributed by atoms with Crippen LogP contribution >= 0.6 is 11.6 Å². The molecule has 0 radical (unpaired) electrons. The van der Waals surface area contributed by atoms with Gasteiger partial charge < -0.3 is 10.2 Å². The van der Waals surface area contributed by atoms with Crippen molar-refractivity contribution < 1.29 is 23.8 Å². The second-order valence-corrected chi connectivity index (χ2v) is 2.88. The molecule has 76 valence electrons. The van der Waals surface area contributed by atoms with Gasteiger partial charge in [0.15, 0.2) is 11.9 Å². The summed E-state index contributed by atoms with van der Waals surface area (Å²) in [5.74, 6) is -3.90. The Bertz CT molecular complexity index is 381. The van der Waals surface area contributed by atoms with Crippen LogP contribution in [0.1, 0.15) is 11.7 Å². The van der Waals surface area contributed by atoms with Crippen LogP contribution in [0, 0.1) is 11.6 Å². The molecule has 3 nitrogen and oxygen atoms in total. The molecule has 0 aliphatic heterocycles. The number of carbonyl (C=O) groups is 1. The maximum Gasteiger partial charge on any atom is 0.337 e. The summed E-state index contributed by atoms with van der Waals surface area (Å²) in [4.78, 5) is 10.3. The molecule has 0 bridgehead atoms. The molecule has 1 aromatic rings. The normalized spacial score (nSPS) is 12.6. The zero-order valence-electron chi connectivity index (χ0n) is 6.67. The van der Waals surface area contributed by atoms with Gasteiger partial charge in [-0.2, -0.15) is 0 Å². The highest BCUT2D eigenvalue weighted by Gasteiger charge is 2.22. The predicted octanol–water partition coefficient (Wildman–Crippen LogP) is 1.74. The first-order valence-electron chi connectivity index (χ1n) is 3.49. The Kier molecular flexibility index (Phi) is 3.03. The first-order chi connectivity index (χ1) is 6.45. The van der Waals surface area contributed by atoms with Crippen LogP contribution in [-0.2, 0) is 4.79 Å². The molecule has 14 heavy (non-hydrogen) atoms. The van der Waals surface area contributed by atoms with Crippen molar-refractivity contribution in [1.29, 1.82) is 0 Å². The number of aliphatic carboxylic acids is 1. The van der Waals surface area contributed by atoms with E-state index >= 15 is 0 Å². The van der Waals surface area contributed by atoms with E-state index in [1.165, 1.54) is 0 Å². The van der Waals surface area contributed by atoms with E-state index in [2.05, 4.69) is 0 Å². The quantitative estimate of drug-likeness (QED) is 0.750. The fraction of sp³-hybridized carbons (Fsp3) is 0.125. The van der Waals surface area contributed by atoms with Crippen molar-refractivity contribution >= 4 is 17.6 Å². The topological polar surface area (TPSA) is 57.5 Å². The van der Waals surface area contributed by atoms with E-state index in [4.69, 9.17) is 21.8 Å². The maximum atomic E-state index is 13.1. The minimum Gasteiger partial charge on any atom is -0.479 e. The summed E-state index contributed by atoms with van der Waals surface area (Å²) in [6, 6.07) is 1.61. The molecule has 0 aromatic heterocycles. The molecule has 1 atom stereocenters. The zero-order chi connectivity index (χ0) is 10.9. The summed E-state index contributed by atoms with van der Waals surface area (Å²) >= 11 is 5.18. The highest BCUT2D eigenvalue weighted by molar-refractivity contribution is 6.31. The fourth-order valence-corrected chi connectivity index (χ4v) is 1.06. The van der Waals surface area contributed by atoms with Gasteiger partial charge in [-0.3, -0.25) is 0 Å². The minimum absolute atomic E-state index is 0.566. The Morgan fingerprint density at radius 3 is 2.50 bits per heavy atom. The van der Waals surface area contributed by atoms with Crippen LogP contribution in [0.25, 0.3) is 0 Å². The Hall–Kier alpha value is -1.20. The number of benzene rings is 1. The molecule has 1 aromatic carbocycles. The molecule has 6 heteroatoms. The lowest BCUT2D eigenvalue weighted by atomic mass is 10.1. The van der Waals surface area contributed by atoms with Crippen molar-refractivity contribution in [1.82, 2.24) is 0 Å². The maximum absolute atomic E-state index is 13.1. The molecule has 0 amide bonds. The first-order valence-corrected chi connectivity index (χ1v) is 3.87. The Balaban J connectivity index is 3.24. The number of hydrogen-bond donors (Lipinski definition) is 2. The molecule has 0 saturated carbocycles. The van der Waals surface area contributed by atoms with Gasteiger partial charge in [0.1, 0.15) is 10.8 Å². The zero-order valence-corrected chi connectivity index (χ0v) is 7.42. The first kappa shape index (κ1) is 10.9. The monoisotopic (exact) mass is 222 g/mol. The lowest BCUT2D eigenvalue weighted by Crippen LogP contribution is -2.12. The molecule has 1 unspecified atom stereocenters. The van der Waals surface area contributed by atoms with E-state index in [0.29, 0.717) is 0 Å². The molecule has 0 saturated heterocycles. The van der Waals surface area contributed by atoms with Crippen LogP contribution in [0.2, 0.25) is 5.02 Å². The van der Waals surface area contributed by atoms with E-state index in [0.717, 1.165) is 12.1 Å². The highest BCUT2D eigenvalue weighted by atomic mass is 35.5. The standard InChI is InChI=1S/C8H5ClF2O3/c9-5-4(10)2-1-3(6(5)11)7(12)8(13)14/h1-2,7,12H,(H,13,14). The molecular formula is C8H5ClF2O3. The van der Waals surface area contributed by atoms with Crippen LogP contribution in [0.4, 0.5) is 8.78 Å². The summed E-state index contributed by atoms with van der Waals surface area (Å²) in [6.07, 6.45) is -2.05. The van der Waals surface area contributed by atoms with Crippen LogP contribution in [0.15, 0.2) is 12.1 Å². The van der Waals surface area contributed by atoms with Gasteiger partial charge in [-0.25, -0.2) is 13.6 Å². The molecule has 0 fully saturated rings. The number of aliphatic hydroxyl groups excluding tert-OH is 1. The van der Waals surface area contributed by atoms with Crippen molar-refractivity contribution in [2.45, 2.75) is 6.10 Å². The Morgan fingerprint density at radius 1 is 1.43 bits per heavy atom. The van der Waals surface area contributed by atoms with Crippen molar-refractivity contribution in [3.63, 3.8) is 0 Å². The average molecular weight is 223 g/mol. The number of carboxylic acids is 1. The van der Waals surface area contributed by atoms with Gasteiger partial charge in [-0.05, 0) is 12.1 Å². The Morgan fingerprint density at radius 2 is 2.00 bits per heavy atom. The molecular weight excluding hydrogens is 218 g/mol. The minimum atomic E-state index is -2.05. The lowest BCUT2D eigenvalue weighted by molar-refractivity contribution is -0.147. The second-order valence-electron chi connectivity index (χ2n) is 2.51. The second kappa shape index (κ2) is 3.89. The summed E-state index contributed by atoms with van der Waals surface area (Å²) in [5.41, 5.74) is -0.566. The van der Waals surface area contributed by atoms with E-state index in [9.17, 15) is 13.6 Å². The van der Waals surface area contributed by atoms with Crippen molar-refractivity contribution in [2.75, 3.05) is 0 Å². The summed E-state index contributed by atoms with van der Waals surface area (Å²) in [6.45, 7) is 0. The fourth-order valence-electron chi connectivity index (χ4n) is 0.885. The van der Waals surface area contributed by atoms with Gasteiger partial charge in [-0.15, -0.1) is 0 Å². The molecule has 0 spiro atoms. The van der Waals surface area contributed by atoms with Gasteiger partial charge in [0.25, 0.3) is 0 Å². The van der Waals surface area contributed by atoms with E-state index in [-0.39, 0.29) is 0 Å². The number of carboxylic acid groups (broad SMARTS) is 1. The van der Waals surface area contributed by atoms with Crippen LogP contribution in [0.3, 0.4) is 0 Å². The van der Waals surface area contributed by atoms with Gasteiger partial charge in [0, 0.05) is 5.56 Å².